The highest BCUT2D eigenvalue weighted by atomic mass is 16.5. The second-order valence-electron chi connectivity index (χ2n) is 4.90. The highest BCUT2D eigenvalue weighted by molar-refractivity contribution is 5.50. The van der Waals surface area contributed by atoms with Gasteiger partial charge in [-0.25, -0.2) is 0 Å². The zero-order chi connectivity index (χ0) is 16.7. The summed E-state index contributed by atoms with van der Waals surface area (Å²) in [5.74, 6) is 7.90. The molecule has 0 saturated heterocycles. The fourth-order valence-corrected chi connectivity index (χ4v) is 2.10. The fourth-order valence-electron chi connectivity index (χ4n) is 2.10. The Morgan fingerprint density at radius 3 is 2.17 bits per heavy atom. The summed E-state index contributed by atoms with van der Waals surface area (Å²) in [5, 5.41) is 10.1. The quantitative estimate of drug-likeness (QED) is 0.862. The third-order valence-electron chi connectivity index (χ3n) is 3.37. The van der Waals surface area contributed by atoms with Gasteiger partial charge < -0.3 is 19.3 Å². The van der Waals surface area contributed by atoms with Gasteiger partial charge in [0.2, 0.25) is 0 Å². The van der Waals surface area contributed by atoms with Crippen LogP contribution in [0.15, 0.2) is 42.5 Å². The fraction of sp³-hybridized carbons (Fsp3) is 0.263. The zero-order valence-corrected chi connectivity index (χ0v) is 13.5. The molecule has 0 amide bonds. The molecule has 120 valence electrons. The molecule has 0 bridgehead atoms. The van der Waals surface area contributed by atoms with E-state index >= 15 is 0 Å². The lowest BCUT2D eigenvalue weighted by molar-refractivity contribution is 0.233. The summed E-state index contributed by atoms with van der Waals surface area (Å²) in [6.45, 7) is 0. The molecule has 0 heterocycles. The van der Waals surface area contributed by atoms with Crippen molar-refractivity contribution in [3.8, 4) is 29.1 Å². The lowest BCUT2D eigenvalue weighted by atomic mass is 10.1. The van der Waals surface area contributed by atoms with E-state index in [4.69, 9.17) is 14.2 Å². The van der Waals surface area contributed by atoms with Gasteiger partial charge in [0.05, 0.1) is 26.9 Å². The van der Waals surface area contributed by atoms with Crippen molar-refractivity contribution < 1.29 is 19.3 Å². The minimum Gasteiger partial charge on any atom is -0.497 e. The highest BCUT2D eigenvalue weighted by Gasteiger charge is 2.05. The molecular formula is C19H20O4. The van der Waals surface area contributed by atoms with Crippen LogP contribution in [0.4, 0.5) is 0 Å². The van der Waals surface area contributed by atoms with Gasteiger partial charge in [-0.05, 0) is 29.8 Å². The van der Waals surface area contributed by atoms with Crippen LogP contribution in [-0.4, -0.2) is 32.5 Å². The first-order valence-electron chi connectivity index (χ1n) is 7.21. The number of hydrogen-bond donors (Lipinski definition) is 1. The van der Waals surface area contributed by atoms with Crippen LogP contribution in [-0.2, 0) is 6.42 Å². The topological polar surface area (TPSA) is 47.9 Å². The molecule has 0 saturated carbocycles. The zero-order valence-electron chi connectivity index (χ0n) is 13.5. The summed E-state index contributed by atoms with van der Waals surface area (Å²) in [6.07, 6.45) is -0.301. The molecule has 1 unspecified atom stereocenters. The molecule has 0 aliphatic rings. The van der Waals surface area contributed by atoms with Gasteiger partial charge >= 0.3 is 0 Å². The molecule has 4 heteroatoms. The molecule has 2 rings (SSSR count). The Kier molecular flexibility index (Phi) is 5.90. The minimum absolute atomic E-state index is 0.454. The number of aliphatic hydroxyl groups excluding tert-OH is 1. The van der Waals surface area contributed by atoms with E-state index in [1.165, 1.54) is 0 Å². The Morgan fingerprint density at radius 2 is 1.57 bits per heavy atom. The number of benzene rings is 2. The first-order chi connectivity index (χ1) is 11.2. The van der Waals surface area contributed by atoms with Gasteiger partial charge in [0.25, 0.3) is 0 Å². The molecule has 0 fully saturated rings. The van der Waals surface area contributed by atoms with E-state index in [0.717, 1.165) is 11.3 Å². The maximum Gasteiger partial charge on any atom is 0.138 e. The van der Waals surface area contributed by atoms with Gasteiger partial charge in [-0.15, -0.1) is 0 Å². The van der Waals surface area contributed by atoms with Crippen molar-refractivity contribution in [1.82, 2.24) is 0 Å². The van der Waals surface area contributed by atoms with Gasteiger partial charge in [-0.1, -0.05) is 24.0 Å². The van der Waals surface area contributed by atoms with Crippen molar-refractivity contribution in [2.45, 2.75) is 12.5 Å². The average Bonchev–Trinajstić information content (AvgIpc) is 2.60. The smallest absolute Gasteiger partial charge is 0.138 e. The van der Waals surface area contributed by atoms with Crippen LogP contribution in [0.1, 0.15) is 11.1 Å². The molecule has 2 aromatic rings. The molecule has 1 atom stereocenters. The van der Waals surface area contributed by atoms with Crippen molar-refractivity contribution in [2.75, 3.05) is 21.3 Å². The first-order valence-corrected chi connectivity index (χ1v) is 7.21. The average molecular weight is 312 g/mol. The predicted molar refractivity (Wildman–Crippen MR) is 89.1 cm³/mol. The maximum atomic E-state index is 10.1. The van der Waals surface area contributed by atoms with E-state index in [-0.39, 0.29) is 0 Å². The predicted octanol–water partition coefficient (Wildman–Crippen LogP) is 2.67. The summed E-state index contributed by atoms with van der Waals surface area (Å²) in [7, 11) is 4.80. The van der Waals surface area contributed by atoms with Gasteiger partial charge in [-0.2, -0.15) is 0 Å². The summed E-state index contributed by atoms with van der Waals surface area (Å²) >= 11 is 0. The van der Waals surface area contributed by atoms with Crippen LogP contribution < -0.4 is 14.2 Å². The second-order valence-corrected chi connectivity index (χ2v) is 4.90. The van der Waals surface area contributed by atoms with Gasteiger partial charge in [0.1, 0.15) is 23.4 Å². The van der Waals surface area contributed by atoms with E-state index in [9.17, 15) is 5.11 Å². The van der Waals surface area contributed by atoms with E-state index in [0.29, 0.717) is 23.5 Å². The third-order valence-corrected chi connectivity index (χ3v) is 3.37. The van der Waals surface area contributed by atoms with Crippen molar-refractivity contribution in [3.05, 3.63) is 53.6 Å². The normalized spacial score (nSPS) is 11.1. The molecule has 0 aliphatic heterocycles. The van der Waals surface area contributed by atoms with Crippen LogP contribution in [0, 0.1) is 11.8 Å². The SMILES string of the molecule is COc1ccc(CC(O)C#Cc2ccc(OC)cc2OC)cc1. The summed E-state index contributed by atoms with van der Waals surface area (Å²) in [5.41, 5.74) is 1.70. The van der Waals surface area contributed by atoms with E-state index in [2.05, 4.69) is 11.8 Å². The number of aliphatic hydroxyl groups is 1. The largest absolute Gasteiger partial charge is 0.497 e. The molecule has 23 heavy (non-hydrogen) atoms. The monoisotopic (exact) mass is 312 g/mol. The highest BCUT2D eigenvalue weighted by Crippen LogP contribution is 2.23. The van der Waals surface area contributed by atoms with Gasteiger partial charge in [0, 0.05) is 12.5 Å². The van der Waals surface area contributed by atoms with Crippen LogP contribution >= 0.6 is 0 Å². The van der Waals surface area contributed by atoms with Gasteiger partial charge in [-0.3, -0.25) is 0 Å². The van der Waals surface area contributed by atoms with Crippen molar-refractivity contribution in [1.29, 1.82) is 0 Å². The Labute approximate surface area is 136 Å². The molecule has 0 aliphatic carbocycles. The van der Waals surface area contributed by atoms with E-state index < -0.39 is 6.10 Å². The van der Waals surface area contributed by atoms with Crippen LogP contribution in [0.3, 0.4) is 0 Å². The van der Waals surface area contributed by atoms with Crippen LogP contribution in [0.5, 0.6) is 17.2 Å². The lowest BCUT2D eigenvalue weighted by Gasteiger charge is -2.07. The standard InChI is InChI=1S/C19H20O4/c1-21-17-9-4-14(5-10-17)12-16(20)8-6-15-7-11-18(22-2)13-19(15)23-3/h4-5,7,9-11,13,16,20H,12H2,1-3H3. The van der Waals surface area contributed by atoms with Crippen molar-refractivity contribution in [3.63, 3.8) is 0 Å². The molecule has 1 N–H and O–H groups in total. The maximum absolute atomic E-state index is 10.1. The molecule has 0 radical (unpaired) electrons. The number of hydrogen-bond acceptors (Lipinski definition) is 4. The molecule has 2 aromatic carbocycles. The molecule has 0 aromatic heterocycles. The molecule has 4 nitrogen and oxygen atoms in total. The molecule has 0 spiro atoms. The Hall–Kier alpha value is -2.64. The van der Waals surface area contributed by atoms with Crippen LogP contribution in [0.25, 0.3) is 0 Å². The number of ether oxygens (including phenoxy) is 3. The van der Waals surface area contributed by atoms with Crippen molar-refractivity contribution in [2.24, 2.45) is 0 Å². The molecular weight excluding hydrogens is 292 g/mol. The first kappa shape index (κ1) is 16.7. The number of rotatable bonds is 5. The van der Waals surface area contributed by atoms with Crippen molar-refractivity contribution >= 4 is 0 Å². The second kappa shape index (κ2) is 8.11. The lowest BCUT2D eigenvalue weighted by Crippen LogP contribution is -2.07. The Bertz CT molecular complexity index is 696. The Balaban J connectivity index is 2.08. The summed E-state index contributed by atoms with van der Waals surface area (Å²) in [4.78, 5) is 0. The minimum atomic E-state index is -0.754. The number of methoxy groups -OCH3 is 3. The third kappa shape index (κ3) is 4.67. The Morgan fingerprint density at radius 1 is 0.913 bits per heavy atom. The van der Waals surface area contributed by atoms with Gasteiger partial charge in [0.15, 0.2) is 0 Å². The summed E-state index contributed by atoms with van der Waals surface area (Å²) in [6, 6.07) is 12.9. The van der Waals surface area contributed by atoms with Crippen LogP contribution in [0.2, 0.25) is 0 Å². The van der Waals surface area contributed by atoms with E-state index in [1.54, 1.807) is 27.4 Å². The summed E-state index contributed by atoms with van der Waals surface area (Å²) < 4.78 is 15.5. The van der Waals surface area contributed by atoms with E-state index in [1.807, 2.05) is 36.4 Å².